The van der Waals surface area contributed by atoms with Crippen LogP contribution in [0, 0.1) is 6.92 Å². The van der Waals surface area contributed by atoms with Gasteiger partial charge in [-0.1, -0.05) is 60.6 Å². The minimum atomic E-state index is -0.154. The Morgan fingerprint density at radius 3 is 2.26 bits per heavy atom. The van der Waals surface area contributed by atoms with Crippen LogP contribution in [0.15, 0.2) is 53.7 Å². The van der Waals surface area contributed by atoms with Crippen molar-refractivity contribution in [3.8, 4) is 5.75 Å². The van der Waals surface area contributed by atoms with Crippen LogP contribution in [0.4, 0.5) is 0 Å². The predicted octanol–water partition coefficient (Wildman–Crippen LogP) is 5.60. The van der Waals surface area contributed by atoms with E-state index < -0.39 is 0 Å². The third-order valence-electron chi connectivity index (χ3n) is 4.56. The molecule has 1 unspecified atom stereocenters. The van der Waals surface area contributed by atoms with E-state index in [2.05, 4.69) is 71.9 Å². The molecule has 2 aromatic carbocycles. The zero-order valence-electron chi connectivity index (χ0n) is 16.5. The number of aromatic nitrogens is 3. The van der Waals surface area contributed by atoms with Gasteiger partial charge in [-0.2, -0.15) is 0 Å². The Labute approximate surface area is 166 Å². The Hall–Kier alpha value is -2.27. The van der Waals surface area contributed by atoms with Crippen molar-refractivity contribution in [2.24, 2.45) is 0 Å². The van der Waals surface area contributed by atoms with Gasteiger partial charge >= 0.3 is 0 Å². The molecule has 0 amide bonds. The van der Waals surface area contributed by atoms with Gasteiger partial charge in [0.1, 0.15) is 5.75 Å². The van der Waals surface area contributed by atoms with E-state index >= 15 is 0 Å². The first-order valence-electron chi connectivity index (χ1n) is 9.47. The molecule has 1 aromatic heterocycles. The standard InChI is InChI=1S/C22H27N3OS/c1-5-18-11-13-20(14-12-18)26-17(4)21-23-24-22(25(21)6-2)27-15-19-9-7-16(3)8-10-19/h7-14,17H,5-6,15H2,1-4H3. The first kappa shape index (κ1) is 19.5. The molecule has 1 atom stereocenters. The van der Waals surface area contributed by atoms with Gasteiger partial charge in [0.25, 0.3) is 0 Å². The van der Waals surface area contributed by atoms with Crippen LogP contribution < -0.4 is 4.74 Å². The molecule has 3 aromatic rings. The van der Waals surface area contributed by atoms with Crippen LogP contribution in [0.3, 0.4) is 0 Å². The molecule has 0 aliphatic carbocycles. The molecule has 0 saturated heterocycles. The van der Waals surface area contributed by atoms with Gasteiger partial charge in [0, 0.05) is 12.3 Å². The molecular formula is C22H27N3OS. The van der Waals surface area contributed by atoms with E-state index in [0.717, 1.165) is 35.4 Å². The van der Waals surface area contributed by atoms with Gasteiger partial charge in [0.15, 0.2) is 17.1 Å². The van der Waals surface area contributed by atoms with Crippen LogP contribution in [0.2, 0.25) is 0 Å². The Morgan fingerprint density at radius 1 is 0.963 bits per heavy atom. The number of ether oxygens (including phenoxy) is 1. The summed E-state index contributed by atoms with van der Waals surface area (Å²) in [4.78, 5) is 0. The van der Waals surface area contributed by atoms with Gasteiger partial charge in [-0.25, -0.2) is 0 Å². The number of aryl methyl sites for hydroxylation is 2. The second-order valence-electron chi connectivity index (χ2n) is 6.62. The van der Waals surface area contributed by atoms with Gasteiger partial charge in [-0.15, -0.1) is 10.2 Å². The van der Waals surface area contributed by atoms with Crippen LogP contribution in [-0.2, 0) is 18.7 Å². The molecular weight excluding hydrogens is 354 g/mol. The highest BCUT2D eigenvalue weighted by atomic mass is 32.2. The third kappa shape index (κ3) is 4.92. The minimum Gasteiger partial charge on any atom is -0.483 e. The summed E-state index contributed by atoms with van der Waals surface area (Å²) < 4.78 is 8.24. The molecule has 0 saturated carbocycles. The SMILES string of the molecule is CCc1ccc(OC(C)c2nnc(SCc3ccc(C)cc3)n2CC)cc1. The number of rotatable bonds is 8. The molecule has 0 bridgehead atoms. The molecule has 0 fully saturated rings. The average molecular weight is 382 g/mol. The topological polar surface area (TPSA) is 39.9 Å². The molecule has 27 heavy (non-hydrogen) atoms. The first-order valence-corrected chi connectivity index (χ1v) is 10.5. The van der Waals surface area contributed by atoms with Crippen molar-refractivity contribution in [1.29, 1.82) is 0 Å². The normalized spacial score (nSPS) is 12.1. The van der Waals surface area contributed by atoms with Crippen LogP contribution in [0.1, 0.15) is 49.4 Å². The lowest BCUT2D eigenvalue weighted by atomic mass is 10.2. The van der Waals surface area contributed by atoms with Crippen molar-refractivity contribution >= 4 is 11.8 Å². The van der Waals surface area contributed by atoms with Crippen molar-refractivity contribution in [3.63, 3.8) is 0 Å². The third-order valence-corrected chi connectivity index (χ3v) is 5.60. The summed E-state index contributed by atoms with van der Waals surface area (Å²) in [5.41, 5.74) is 3.88. The Balaban J connectivity index is 1.69. The van der Waals surface area contributed by atoms with Gasteiger partial charge in [0.05, 0.1) is 0 Å². The number of thioether (sulfide) groups is 1. The smallest absolute Gasteiger partial charge is 0.191 e. The lowest BCUT2D eigenvalue weighted by Crippen LogP contribution is -2.12. The van der Waals surface area contributed by atoms with Crippen LogP contribution in [0.25, 0.3) is 0 Å². The van der Waals surface area contributed by atoms with E-state index in [1.807, 2.05) is 19.1 Å². The molecule has 3 rings (SSSR count). The van der Waals surface area contributed by atoms with Gasteiger partial charge < -0.3 is 9.30 Å². The van der Waals surface area contributed by atoms with Gasteiger partial charge in [-0.05, 0) is 50.5 Å². The monoisotopic (exact) mass is 381 g/mol. The maximum absolute atomic E-state index is 6.10. The summed E-state index contributed by atoms with van der Waals surface area (Å²) >= 11 is 1.71. The molecule has 4 nitrogen and oxygen atoms in total. The van der Waals surface area contributed by atoms with Gasteiger partial charge in [0.2, 0.25) is 0 Å². The van der Waals surface area contributed by atoms with Crippen molar-refractivity contribution in [1.82, 2.24) is 14.8 Å². The second-order valence-corrected chi connectivity index (χ2v) is 7.56. The second kappa shape index (κ2) is 9.09. The highest BCUT2D eigenvalue weighted by Crippen LogP contribution is 2.26. The largest absolute Gasteiger partial charge is 0.483 e. The summed E-state index contributed by atoms with van der Waals surface area (Å²) in [5.74, 6) is 2.61. The van der Waals surface area contributed by atoms with Crippen molar-refractivity contribution in [2.45, 2.75) is 57.7 Å². The van der Waals surface area contributed by atoms with E-state index in [9.17, 15) is 0 Å². The summed E-state index contributed by atoms with van der Waals surface area (Å²) in [6, 6.07) is 16.9. The first-order chi connectivity index (χ1) is 13.1. The van der Waals surface area contributed by atoms with E-state index in [-0.39, 0.29) is 6.10 Å². The molecule has 0 aliphatic heterocycles. The summed E-state index contributed by atoms with van der Waals surface area (Å²) in [6.45, 7) is 9.22. The fourth-order valence-corrected chi connectivity index (χ4v) is 3.86. The zero-order valence-corrected chi connectivity index (χ0v) is 17.3. The van der Waals surface area contributed by atoms with Gasteiger partial charge in [-0.3, -0.25) is 0 Å². The highest BCUT2D eigenvalue weighted by molar-refractivity contribution is 7.98. The van der Waals surface area contributed by atoms with Crippen molar-refractivity contribution < 1.29 is 4.74 Å². The summed E-state index contributed by atoms with van der Waals surface area (Å²) in [6.07, 6.45) is 0.875. The van der Waals surface area contributed by atoms with Crippen LogP contribution in [0.5, 0.6) is 5.75 Å². The number of nitrogens with zero attached hydrogens (tertiary/aromatic N) is 3. The Kier molecular flexibility index (Phi) is 6.56. The maximum atomic E-state index is 6.10. The Morgan fingerprint density at radius 2 is 1.63 bits per heavy atom. The van der Waals surface area contributed by atoms with Crippen molar-refractivity contribution in [3.05, 3.63) is 71.0 Å². The van der Waals surface area contributed by atoms with E-state index in [4.69, 9.17) is 4.74 Å². The van der Waals surface area contributed by atoms with E-state index in [1.54, 1.807) is 11.8 Å². The predicted molar refractivity (Wildman–Crippen MR) is 111 cm³/mol. The Bertz CT molecular complexity index is 856. The molecule has 0 aliphatic rings. The highest BCUT2D eigenvalue weighted by Gasteiger charge is 2.18. The molecule has 5 heteroatoms. The maximum Gasteiger partial charge on any atom is 0.191 e. The summed E-state index contributed by atoms with van der Waals surface area (Å²) in [7, 11) is 0. The minimum absolute atomic E-state index is 0.154. The molecule has 0 N–H and O–H groups in total. The molecule has 142 valence electrons. The fraction of sp³-hybridized carbons (Fsp3) is 0.364. The number of hydrogen-bond donors (Lipinski definition) is 0. The number of benzene rings is 2. The van der Waals surface area contributed by atoms with E-state index in [0.29, 0.717) is 0 Å². The van der Waals surface area contributed by atoms with Crippen LogP contribution >= 0.6 is 11.8 Å². The quantitative estimate of drug-likeness (QED) is 0.476. The molecule has 0 radical (unpaired) electrons. The lowest BCUT2D eigenvalue weighted by Gasteiger charge is -2.16. The van der Waals surface area contributed by atoms with Crippen LogP contribution in [-0.4, -0.2) is 14.8 Å². The molecule has 1 heterocycles. The van der Waals surface area contributed by atoms with E-state index in [1.165, 1.54) is 16.7 Å². The fourth-order valence-electron chi connectivity index (χ4n) is 2.90. The average Bonchev–Trinajstić information content (AvgIpc) is 3.11. The zero-order chi connectivity index (χ0) is 19.2. The number of hydrogen-bond acceptors (Lipinski definition) is 4. The lowest BCUT2D eigenvalue weighted by molar-refractivity contribution is 0.210. The summed E-state index contributed by atoms with van der Waals surface area (Å²) in [5, 5.41) is 9.75. The molecule has 0 spiro atoms. The van der Waals surface area contributed by atoms with Crippen molar-refractivity contribution in [2.75, 3.05) is 0 Å².